The van der Waals surface area contributed by atoms with E-state index in [1.165, 1.54) is 0 Å². The maximum atomic E-state index is 13.1. The van der Waals surface area contributed by atoms with Gasteiger partial charge in [0.2, 0.25) is 5.88 Å². The number of hydrogen-bond acceptors (Lipinski definition) is 5. The highest BCUT2D eigenvalue weighted by molar-refractivity contribution is 5.68. The summed E-state index contributed by atoms with van der Waals surface area (Å²) in [5.74, 6) is 0.346. The van der Waals surface area contributed by atoms with Crippen molar-refractivity contribution in [3.8, 4) is 5.88 Å². The number of rotatable bonds is 8. The van der Waals surface area contributed by atoms with Crippen LogP contribution in [0.25, 0.3) is 5.65 Å². The number of aromatic nitrogens is 3. The third-order valence-electron chi connectivity index (χ3n) is 3.55. The van der Waals surface area contributed by atoms with Crippen molar-refractivity contribution in [3.63, 3.8) is 0 Å². The Morgan fingerprint density at radius 1 is 1.37 bits per heavy atom. The van der Waals surface area contributed by atoms with Crippen LogP contribution in [0, 0.1) is 0 Å². The molecule has 0 saturated carbocycles. The van der Waals surface area contributed by atoms with Gasteiger partial charge in [-0.2, -0.15) is 0 Å². The van der Waals surface area contributed by atoms with Gasteiger partial charge >= 0.3 is 6.09 Å². The standard InChI is InChI=1S/C19H27FN4O3/c1-5-6-7-15-12-24-16(22-15)8-9-17(23-24)26-13-14(10-20)11-21-18(25)27-19(2,3)4/h8-10,12H,5-7,11,13H2,1-4H3,(H,21,25)/b14-10+. The summed E-state index contributed by atoms with van der Waals surface area (Å²) in [7, 11) is 0. The number of halogens is 1. The second-order valence-electron chi connectivity index (χ2n) is 7.22. The van der Waals surface area contributed by atoms with Crippen LogP contribution in [0.2, 0.25) is 0 Å². The fourth-order valence-corrected chi connectivity index (χ4v) is 2.26. The second kappa shape index (κ2) is 9.34. The summed E-state index contributed by atoms with van der Waals surface area (Å²) < 4.78 is 25.3. The molecule has 0 radical (unpaired) electrons. The van der Waals surface area contributed by atoms with E-state index in [2.05, 4.69) is 22.3 Å². The van der Waals surface area contributed by atoms with E-state index in [9.17, 15) is 9.18 Å². The Labute approximate surface area is 158 Å². The van der Waals surface area contributed by atoms with Crippen molar-refractivity contribution in [1.82, 2.24) is 19.9 Å². The van der Waals surface area contributed by atoms with Crippen molar-refractivity contribution in [2.75, 3.05) is 13.2 Å². The lowest BCUT2D eigenvalue weighted by atomic mass is 10.2. The summed E-state index contributed by atoms with van der Waals surface area (Å²) in [5.41, 5.74) is 1.37. The normalized spacial score (nSPS) is 12.3. The molecule has 0 aliphatic heterocycles. The molecule has 0 aliphatic rings. The average Bonchev–Trinajstić information content (AvgIpc) is 3.00. The first-order valence-corrected chi connectivity index (χ1v) is 9.04. The molecule has 0 fully saturated rings. The monoisotopic (exact) mass is 378 g/mol. The minimum atomic E-state index is -0.612. The number of fused-ring (bicyclic) bond motifs is 1. The summed E-state index contributed by atoms with van der Waals surface area (Å²) in [5, 5.41) is 6.82. The largest absolute Gasteiger partial charge is 0.472 e. The molecule has 0 spiro atoms. The van der Waals surface area contributed by atoms with Gasteiger partial charge in [0, 0.05) is 18.2 Å². The Morgan fingerprint density at radius 2 is 2.15 bits per heavy atom. The molecule has 2 aromatic rings. The molecule has 27 heavy (non-hydrogen) atoms. The van der Waals surface area contributed by atoms with Crippen LogP contribution in [-0.2, 0) is 11.2 Å². The lowest BCUT2D eigenvalue weighted by Gasteiger charge is -2.20. The number of amides is 1. The van der Waals surface area contributed by atoms with E-state index < -0.39 is 11.7 Å². The Bertz CT molecular complexity index is 796. The van der Waals surface area contributed by atoms with E-state index in [1.807, 2.05) is 6.20 Å². The Kier molecular flexibility index (Phi) is 7.15. The summed E-state index contributed by atoms with van der Waals surface area (Å²) in [4.78, 5) is 16.1. The molecule has 0 aromatic carbocycles. The number of nitrogens with zero attached hydrogens (tertiary/aromatic N) is 3. The van der Waals surface area contributed by atoms with Gasteiger partial charge in [0.05, 0.1) is 18.2 Å². The zero-order valence-corrected chi connectivity index (χ0v) is 16.3. The van der Waals surface area contributed by atoms with Gasteiger partial charge in [-0.05, 0) is 39.7 Å². The van der Waals surface area contributed by atoms with Crippen molar-refractivity contribution in [1.29, 1.82) is 0 Å². The van der Waals surface area contributed by atoms with Crippen molar-refractivity contribution in [2.45, 2.75) is 52.6 Å². The lowest BCUT2D eigenvalue weighted by molar-refractivity contribution is 0.0531. The minimum Gasteiger partial charge on any atom is -0.472 e. The molecule has 7 nitrogen and oxygen atoms in total. The third kappa shape index (κ3) is 6.88. The minimum absolute atomic E-state index is 0.0140. The molecule has 148 valence electrons. The molecule has 1 N–H and O–H groups in total. The smallest absolute Gasteiger partial charge is 0.407 e. The summed E-state index contributed by atoms with van der Waals surface area (Å²) in [6.07, 6.45) is 4.75. The SMILES string of the molecule is CCCCc1cn2nc(OC/C(=C/F)CNC(=O)OC(C)(C)C)ccc2n1. The van der Waals surface area contributed by atoms with Crippen LogP contribution in [0.1, 0.15) is 46.2 Å². The number of carbonyl (C=O) groups is 1. The number of alkyl carbamates (subject to hydrolysis) is 1. The molecular weight excluding hydrogens is 351 g/mol. The topological polar surface area (TPSA) is 77.8 Å². The van der Waals surface area contributed by atoms with E-state index in [-0.39, 0.29) is 18.7 Å². The van der Waals surface area contributed by atoms with Crippen LogP contribution in [0.4, 0.5) is 9.18 Å². The number of carbonyl (C=O) groups excluding carboxylic acids is 1. The Balaban J connectivity index is 1.89. The maximum absolute atomic E-state index is 13.1. The molecule has 0 unspecified atom stereocenters. The van der Waals surface area contributed by atoms with E-state index >= 15 is 0 Å². The molecule has 1 amide bonds. The molecule has 0 saturated heterocycles. The van der Waals surface area contributed by atoms with Crippen LogP contribution in [-0.4, -0.2) is 39.4 Å². The maximum Gasteiger partial charge on any atom is 0.407 e. The van der Waals surface area contributed by atoms with Gasteiger partial charge in [-0.3, -0.25) is 0 Å². The lowest BCUT2D eigenvalue weighted by Crippen LogP contribution is -2.34. The number of imidazole rings is 1. The molecular formula is C19H27FN4O3. The number of nitrogens with one attached hydrogen (secondary N) is 1. The fraction of sp³-hybridized carbons (Fsp3) is 0.526. The van der Waals surface area contributed by atoms with Gasteiger partial charge in [-0.1, -0.05) is 13.3 Å². The highest BCUT2D eigenvalue weighted by Gasteiger charge is 2.16. The fourth-order valence-electron chi connectivity index (χ4n) is 2.26. The van der Waals surface area contributed by atoms with Crippen LogP contribution < -0.4 is 10.1 Å². The van der Waals surface area contributed by atoms with Gasteiger partial charge in [-0.25, -0.2) is 18.7 Å². The zero-order valence-electron chi connectivity index (χ0n) is 16.3. The number of ether oxygens (including phenoxy) is 2. The zero-order chi connectivity index (χ0) is 19.9. The quantitative estimate of drug-likeness (QED) is 0.755. The van der Waals surface area contributed by atoms with Crippen LogP contribution in [0.5, 0.6) is 5.88 Å². The number of unbranched alkanes of at least 4 members (excludes halogenated alkanes) is 1. The van der Waals surface area contributed by atoms with Crippen molar-refractivity contribution >= 4 is 11.7 Å². The molecule has 0 bridgehead atoms. The van der Waals surface area contributed by atoms with Crippen molar-refractivity contribution < 1.29 is 18.7 Å². The molecule has 0 atom stereocenters. The van der Waals surface area contributed by atoms with Crippen LogP contribution in [0.15, 0.2) is 30.2 Å². The molecule has 2 heterocycles. The van der Waals surface area contributed by atoms with E-state index in [4.69, 9.17) is 9.47 Å². The van der Waals surface area contributed by atoms with Crippen molar-refractivity contribution in [2.24, 2.45) is 0 Å². The first-order valence-electron chi connectivity index (χ1n) is 9.04. The third-order valence-corrected chi connectivity index (χ3v) is 3.55. The second-order valence-corrected chi connectivity index (χ2v) is 7.22. The van der Waals surface area contributed by atoms with E-state index in [1.54, 1.807) is 37.4 Å². The first-order chi connectivity index (χ1) is 12.8. The van der Waals surface area contributed by atoms with Crippen LogP contribution >= 0.6 is 0 Å². The Hall–Kier alpha value is -2.64. The average molecular weight is 378 g/mol. The summed E-state index contributed by atoms with van der Waals surface area (Å²) >= 11 is 0. The molecule has 2 aromatic heterocycles. The van der Waals surface area contributed by atoms with Crippen molar-refractivity contribution in [3.05, 3.63) is 35.9 Å². The van der Waals surface area contributed by atoms with Gasteiger partial charge in [0.1, 0.15) is 12.2 Å². The molecule has 8 heteroatoms. The van der Waals surface area contributed by atoms with Crippen LogP contribution in [0.3, 0.4) is 0 Å². The van der Waals surface area contributed by atoms with Gasteiger partial charge in [-0.15, -0.1) is 5.10 Å². The van der Waals surface area contributed by atoms with E-state index in [0.29, 0.717) is 12.2 Å². The van der Waals surface area contributed by atoms with Gasteiger partial charge < -0.3 is 14.8 Å². The number of aryl methyl sites for hydroxylation is 1. The van der Waals surface area contributed by atoms with Gasteiger partial charge in [0.25, 0.3) is 0 Å². The molecule has 0 aliphatic carbocycles. The van der Waals surface area contributed by atoms with E-state index in [0.717, 1.165) is 30.6 Å². The first kappa shape index (κ1) is 20.7. The highest BCUT2D eigenvalue weighted by atomic mass is 19.1. The number of hydrogen-bond donors (Lipinski definition) is 1. The summed E-state index contributed by atoms with van der Waals surface area (Å²) in [6.45, 7) is 7.35. The van der Waals surface area contributed by atoms with Gasteiger partial charge in [0.15, 0.2) is 5.65 Å². The summed E-state index contributed by atoms with van der Waals surface area (Å²) in [6, 6.07) is 3.48. The molecule has 2 rings (SSSR count). The predicted octanol–water partition coefficient (Wildman–Crippen LogP) is 3.83. The Morgan fingerprint density at radius 3 is 2.81 bits per heavy atom. The highest BCUT2D eigenvalue weighted by Crippen LogP contribution is 2.12. The predicted molar refractivity (Wildman–Crippen MR) is 101 cm³/mol.